The van der Waals surface area contributed by atoms with Gasteiger partial charge in [-0.15, -0.1) is 0 Å². The molecule has 1 heterocycles. The summed E-state index contributed by atoms with van der Waals surface area (Å²) in [6, 6.07) is 4.51. The number of halogens is 2. The van der Waals surface area contributed by atoms with Crippen LogP contribution in [0.1, 0.15) is 26.2 Å². The number of ether oxygens (including phenoxy) is 1. The van der Waals surface area contributed by atoms with Gasteiger partial charge in [0.15, 0.2) is 16.4 Å². The van der Waals surface area contributed by atoms with Crippen LogP contribution in [0.3, 0.4) is 0 Å². The van der Waals surface area contributed by atoms with E-state index in [1.165, 1.54) is 0 Å². The van der Waals surface area contributed by atoms with Crippen LogP contribution in [-0.2, 0) is 14.6 Å². The Kier molecular flexibility index (Phi) is 6.78. The van der Waals surface area contributed by atoms with Gasteiger partial charge in [0.05, 0.1) is 16.5 Å². The Morgan fingerprint density at radius 1 is 1.38 bits per heavy atom. The van der Waals surface area contributed by atoms with E-state index >= 15 is 0 Å². The van der Waals surface area contributed by atoms with E-state index in [0.717, 1.165) is 12.8 Å². The van der Waals surface area contributed by atoms with Gasteiger partial charge in [0.2, 0.25) is 0 Å². The van der Waals surface area contributed by atoms with Crippen molar-refractivity contribution in [3.63, 3.8) is 0 Å². The molecule has 0 spiro atoms. The van der Waals surface area contributed by atoms with Crippen molar-refractivity contribution in [1.29, 1.82) is 0 Å². The standard InChI is InChI=1S/C16H21Cl2NO4S/c1-2-3-7-19(13-6-8-24(21,22)11-13)16(20)10-23-15-5-4-12(17)9-14(15)18/h4-5,9,13H,2-3,6-8,10-11H2,1H3. The van der Waals surface area contributed by atoms with Crippen molar-refractivity contribution in [3.8, 4) is 5.75 Å². The molecule has 1 fully saturated rings. The van der Waals surface area contributed by atoms with Crippen LogP contribution in [0.15, 0.2) is 18.2 Å². The van der Waals surface area contributed by atoms with Crippen molar-refractivity contribution >= 4 is 38.9 Å². The maximum absolute atomic E-state index is 12.5. The molecule has 1 aliphatic heterocycles. The van der Waals surface area contributed by atoms with Gasteiger partial charge in [0, 0.05) is 17.6 Å². The maximum atomic E-state index is 12.5. The van der Waals surface area contributed by atoms with Crippen LogP contribution >= 0.6 is 23.2 Å². The van der Waals surface area contributed by atoms with E-state index in [2.05, 4.69) is 0 Å². The largest absolute Gasteiger partial charge is 0.482 e. The highest BCUT2D eigenvalue weighted by molar-refractivity contribution is 7.91. The van der Waals surface area contributed by atoms with E-state index in [-0.39, 0.29) is 30.1 Å². The summed E-state index contributed by atoms with van der Waals surface area (Å²) < 4.78 is 28.9. The number of unbranched alkanes of at least 4 members (excludes halogenated alkanes) is 1. The third-order valence-electron chi connectivity index (χ3n) is 3.97. The predicted octanol–water partition coefficient (Wildman–Crippen LogP) is 3.19. The van der Waals surface area contributed by atoms with E-state index in [4.69, 9.17) is 27.9 Å². The first kappa shape index (κ1) is 19.3. The van der Waals surface area contributed by atoms with Crippen LogP contribution in [0.25, 0.3) is 0 Å². The average molecular weight is 394 g/mol. The molecule has 1 amide bonds. The van der Waals surface area contributed by atoms with E-state index in [0.29, 0.717) is 28.8 Å². The molecule has 1 aromatic rings. The lowest BCUT2D eigenvalue weighted by Crippen LogP contribution is -2.44. The van der Waals surface area contributed by atoms with E-state index in [1.807, 2.05) is 6.92 Å². The molecule has 0 N–H and O–H groups in total. The summed E-state index contributed by atoms with van der Waals surface area (Å²) in [5.74, 6) is 0.321. The molecule has 0 radical (unpaired) electrons. The zero-order valence-corrected chi connectivity index (χ0v) is 15.8. The Morgan fingerprint density at radius 2 is 2.12 bits per heavy atom. The summed E-state index contributed by atoms with van der Waals surface area (Å²) in [6.45, 7) is 2.38. The highest BCUT2D eigenvalue weighted by Crippen LogP contribution is 2.27. The lowest BCUT2D eigenvalue weighted by atomic mass is 10.2. The number of sulfone groups is 1. The van der Waals surface area contributed by atoms with Crippen molar-refractivity contribution in [2.45, 2.75) is 32.2 Å². The smallest absolute Gasteiger partial charge is 0.260 e. The summed E-state index contributed by atoms with van der Waals surface area (Å²) >= 11 is 11.9. The number of benzene rings is 1. The van der Waals surface area contributed by atoms with Crippen molar-refractivity contribution < 1.29 is 17.9 Å². The molecule has 1 unspecified atom stereocenters. The Morgan fingerprint density at radius 3 is 2.71 bits per heavy atom. The number of hydrogen-bond donors (Lipinski definition) is 0. The fourth-order valence-electron chi connectivity index (χ4n) is 2.68. The number of amides is 1. The number of rotatable bonds is 7. The van der Waals surface area contributed by atoms with Crippen LogP contribution in [0.4, 0.5) is 0 Å². The second kappa shape index (κ2) is 8.41. The summed E-state index contributed by atoms with van der Waals surface area (Å²) in [7, 11) is -3.05. The maximum Gasteiger partial charge on any atom is 0.260 e. The molecule has 1 aliphatic rings. The SMILES string of the molecule is CCCCN(C(=O)COc1ccc(Cl)cc1Cl)C1CCS(=O)(=O)C1. The van der Waals surface area contributed by atoms with E-state index in [1.54, 1.807) is 23.1 Å². The zero-order chi connectivity index (χ0) is 17.7. The zero-order valence-electron chi connectivity index (χ0n) is 13.5. The number of nitrogens with zero attached hydrogens (tertiary/aromatic N) is 1. The predicted molar refractivity (Wildman–Crippen MR) is 95.6 cm³/mol. The van der Waals surface area contributed by atoms with Gasteiger partial charge < -0.3 is 9.64 Å². The molecular formula is C16H21Cl2NO4S. The Bertz CT molecular complexity index is 693. The molecule has 8 heteroatoms. The molecule has 1 atom stereocenters. The first-order valence-corrected chi connectivity index (χ1v) is 10.5. The molecule has 134 valence electrons. The van der Waals surface area contributed by atoms with Crippen molar-refractivity contribution in [1.82, 2.24) is 4.90 Å². The molecule has 1 aromatic carbocycles. The summed E-state index contributed by atoms with van der Waals surface area (Å²) in [4.78, 5) is 14.2. The molecule has 0 aromatic heterocycles. The van der Waals surface area contributed by atoms with Crippen LogP contribution in [0, 0.1) is 0 Å². The molecule has 0 bridgehead atoms. The molecule has 5 nitrogen and oxygen atoms in total. The van der Waals surface area contributed by atoms with Crippen LogP contribution in [-0.4, -0.2) is 49.9 Å². The Hall–Kier alpha value is -0.980. The lowest BCUT2D eigenvalue weighted by molar-refractivity contribution is -0.135. The fourth-order valence-corrected chi connectivity index (χ4v) is 4.87. The van der Waals surface area contributed by atoms with E-state index < -0.39 is 9.84 Å². The molecule has 1 saturated heterocycles. The fraction of sp³-hybridized carbons (Fsp3) is 0.562. The van der Waals surface area contributed by atoms with Crippen molar-refractivity contribution in [2.75, 3.05) is 24.7 Å². The minimum Gasteiger partial charge on any atom is -0.482 e. The normalized spacial score (nSPS) is 19.2. The van der Waals surface area contributed by atoms with Crippen molar-refractivity contribution in [2.24, 2.45) is 0 Å². The van der Waals surface area contributed by atoms with Gasteiger partial charge in [0.25, 0.3) is 5.91 Å². The van der Waals surface area contributed by atoms with Gasteiger partial charge in [-0.3, -0.25) is 4.79 Å². The minimum atomic E-state index is -3.05. The van der Waals surface area contributed by atoms with Crippen LogP contribution < -0.4 is 4.74 Å². The van der Waals surface area contributed by atoms with Gasteiger partial charge >= 0.3 is 0 Å². The minimum absolute atomic E-state index is 0.0319. The summed E-state index contributed by atoms with van der Waals surface area (Å²) in [5, 5.41) is 0.818. The molecule has 2 rings (SSSR count). The van der Waals surface area contributed by atoms with E-state index in [9.17, 15) is 13.2 Å². The number of hydrogen-bond acceptors (Lipinski definition) is 4. The number of carbonyl (C=O) groups is 1. The topological polar surface area (TPSA) is 63.7 Å². The van der Waals surface area contributed by atoms with Crippen molar-refractivity contribution in [3.05, 3.63) is 28.2 Å². The Labute approximate surface area is 152 Å². The highest BCUT2D eigenvalue weighted by atomic mass is 35.5. The van der Waals surface area contributed by atoms with Gasteiger partial charge in [0.1, 0.15) is 5.75 Å². The Balaban J connectivity index is 2.02. The molecular weight excluding hydrogens is 373 g/mol. The molecule has 0 saturated carbocycles. The van der Waals surface area contributed by atoms with Crippen LogP contribution in [0.5, 0.6) is 5.75 Å². The first-order valence-electron chi connectivity index (χ1n) is 7.90. The monoisotopic (exact) mass is 393 g/mol. The average Bonchev–Trinajstić information content (AvgIpc) is 2.86. The second-order valence-corrected chi connectivity index (χ2v) is 8.93. The third kappa shape index (κ3) is 5.26. The van der Waals surface area contributed by atoms with Gasteiger partial charge in [-0.2, -0.15) is 0 Å². The van der Waals surface area contributed by atoms with Crippen LogP contribution in [0.2, 0.25) is 10.0 Å². The number of carbonyl (C=O) groups excluding carboxylic acids is 1. The molecule has 24 heavy (non-hydrogen) atoms. The van der Waals surface area contributed by atoms with Gasteiger partial charge in [-0.1, -0.05) is 36.5 Å². The second-order valence-electron chi connectivity index (χ2n) is 5.86. The molecule has 0 aliphatic carbocycles. The van der Waals surface area contributed by atoms with Gasteiger partial charge in [-0.25, -0.2) is 8.42 Å². The highest BCUT2D eigenvalue weighted by Gasteiger charge is 2.34. The third-order valence-corrected chi connectivity index (χ3v) is 6.25. The van der Waals surface area contributed by atoms with Gasteiger partial charge in [-0.05, 0) is 31.0 Å². The lowest BCUT2D eigenvalue weighted by Gasteiger charge is -2.28. The quantitative estimate of drug-likeness (QED) is 0.713. The summed E-state index contributed by atoms with van der Waals surface area (Å²) in [5.41, 5.74) is 0. The summed E-state index contributed by atoms with van der Waals surface area (Å²) in [6.07, 6.45) is 2.23. The first-order chi connectivity index (χ1) is 11.3.